The molecule has 7 heteroatoms. The number of morpholine rings is 1. The predicted molar refractivity (Wildman–Crippen MR) is 112 cm³/mol. The van der Waals surface area contributed by atoms with Gasteiger partial charge in [-0.1, -0.05) is 0 Å². The number of likely N-dealkylation sites (N-methyl/N-ethyl adjacent to an activating group) is 1. The van der Waals surface area contributed by atoms with Crippen molar-refractivity contribution in [3.8, 4) is 0 Å². The van der Waals surface area contributed by atoms with Gasteiger partial charge in [0, 0.05) is 38.3 Å². The van der Waals surface area contributed by atoms with Gasteiger partial charge in [0.1, 0.15) is 6.10 Å². The zero-order chi connectivity index (χ0) is 16.9. The largest absolute Gasteiger partial charge is 0.375 e. The molecule has 3 fully saturated rings. The topological polar surface area (TPSA) is 49.3 Å². The van der Waals surface area contributed by atoms with E-state index in [1.807, 2.05) is 0 Å². The van der Waals surface area contributed by atoms with Gasteiger partial charge in [-0.3, -0.25) is 9.89 Å². The van der Waals surface area contributed by atoms with Crippen LogP contribution in [0.4, 0.5) is 0 Å². The second kappa shape index (κ2) is 10.3. The highest BCUT2D eigenvalue weighted by Gasteiger charge is 2.32. The average Bonchev–Trinajstić information content (AvgIpc) is 3.31. The van der Waals surface area contributed by atoms with Crippen molar-refractivity contribution in [2.75, 3.05) is 46.4 Å². The Hall–Kier alpha value is -0.120. The van der Waals surface area contributed by atoms with E-state index in [0.29, 0.717) is 6.04 Å². The molecule has 2 saturated heterocycles. The van der Waals surface area contributed by atoms with Gasteiger partial charge in [0.15, 0.2) is 5.96 Å². The molecule has 0 aromatic rings. The first-order chi connectivity index (χ1) is 11.7. The van der Waals surface area contributed by atoms with Gasteiger partial charge in [0.2, 0.25) is 0 Å². The molecule has 2 aliphatic heterocycles. The zero-order valence-electron chi connectivity index (χ0n) is 15.9. The number of rotatable bonds is 6. The molecule has 0 aromatic carbocycles. The first-order valence-electron chi connectivity index (χ1n) is 9.67. The second-order valence-corrected chi connectivity index (χ2v) is 7.35. The van der Waals surface area contributed by atoms with E-state index in [4.69, 9.17) is 14.5 Å². The molecule has 0 spiro atoms. The minimum absolute atomic E-state index is 0. The Kier molecular flexibility index (Phi) is 8.71. The highest BCUT2D eigenvalue weighted by atomic mass is 127. The van der Waals surface area contributed by atoms with E-state index in [9.17, 15) is 0 Å². The summed E-state index contributed by atoms with van der Waals surface area (Å²) in [7, 11) is 2.23. The highest BCUT2D eigenvalue weighted by Crippen LogP contribution is 2.27. The number of hydrogen-bond acceptors (Lipinski definition) is 4. The van der Waals surface area contributed by atoms with Crippen molar-refractivity contribution in [3.05, 3.63) is 0 Å². The third-order valence-corrected chi connectivity index (χ3v) is 5.43. The van der Waals surface area contributed by atoms with Crippen LogP contribution >= 0.6 is 24.0 Å². The summed E-state index contributed by atoms with van der Waals surface area (Å²) in [6, 6.07) is 1.27. The molecule has 3 atom stereocenters. The fourth-order valence-electron chi connectivity index (χ4n) is 3.60. The van der Waals surface area contributed by atoms with Crippen molar-refractivity contribution in [1.29, 1.82) is 0 Å². The van der Waals surface area contributed by atoms with Crippen molar-refractivity contribution in [2.45, 2.75) is 63.8 Å². The van der Waals surface area contributed by atoms with E-state index >= 15 is 0 Å². The number of ether oxygens (including phenoxy) is 2. The summed E-state index contributed by atoms with van der Waals surface area (Å²) in [5, 5.41) is 3.46. The molecule has 1 N–H and O–H groups in total. The van der Waals surface area contributed by atoms with Crippen LogP contribution in [-0.4, -0.2) is 86.5 Å². The van der Waals surface area contributed by atoms with Gasteiger partial charge in [-0.05, 0) is 46.6 Å². The molecule has 1 aliphatic carbocycles. The Morgan fingerprint density at radius 3 is 2.64 bits per heavy atom. The van der Waals surface area contributed by atoms with Crippen molar-refractivity contribution < 1.29 is 9.47 Å². The normalized spacial score (nSPS) is 28.8. The number of halogens is 1. The van der Waals surface area contributed by atoms with Crippen LogP contribution in [0.15, 0.2) is 4.99 Å². The van der Waals surface area contributed by atoms with Crippen LogP contribution in [0, 0.1) is 0 Å². The maximum absolute atomic E-state index is 5.97. The van der Waals surface area contributed by atoms with Crippen molar-refractivity contribution >= 4 is 29.9 Å². The smallest absolute Gasteiger partial charge is 0.194 e. The molecule has 3 aliphatic rings. The van der Waals surface area contributed by atoms with E-state index in [0.717, 1.165) is 64.2 Å². The fourth-order valence-corrected chi connectivity index (χ4v) is 3.60. The zero-order valence-corrected chi connectivity index (χ0v) is 18.3. The van der Waals surface area contributed by atoms with Gasteiger partial charge >= 0.3 is 0 Å². The van der Waals surface area contributed by atoms with Gasteiger partial charge in [0.25, 0.3) is 0 Å². The van der Waals surface area contributed by atoms with Crippen molar-refractivity contribution in [2.24, 2.45) is 4.99 Å². The van der Waals surface area contributed by atoms with Gasteiger partial charge < -0.3 is 19.7 Å². The lowest BCUT2D eigenvalue weighted by molar-refractivity contribution is -0.0817. The predicted octanol–water partition coefficient (Wildman–Crippen LogP) is 1.93. The lowest BCUT2D eigenvalue weighted by Gasteiger charge is -2.37. The summed E-state index contributed by atoms with van der Waals surface area (Å²) in [5.41, 5.74) is 0. The molecular weight excluding hydrogens is 431 g/mol. The first-order valence-corrected chi connectivity index (χ1v) is 9.67. The van der Waals surface area contributed by atoms with E-state index in [-0.39, 0.29) is 36.2 Å². The summed E-state index contributed by atoms with van der Waals surface area (Å²) < 4.78 is 11.8. The van der Waals surface area contributed by atoms with E-state index in [1.165, 1.54) is 12.8 Å². The summed E-state index contributed by atoms with van der Waals surface area (Å²) in [6.07, 6.45) is 5.40. The number of aliphatic imine (C=N–C) groups is 1. The van der Waals surface area contributed by atoms with Crippen LogP contribution in [-0.2, 0) is 9.47 Å². The summed E-state index contributed by atoms with van der Waals surface area (Å²) in [5.74, 6) is 1.03. The Morgan fingerprint density at radius 1 is 1.24 bits per heavy atom. The molecule has 25 heavy (non-hydrogen) atoms. The van der Waals surface area contributed by atoms with Crippen LogP contribution in [0.1, 0.15) is 39.5 Å². The second-order valence-electron chi connectivity index (χ2n) is 7.35. The van der Waals surface area contributed by atoms with Crippen molar-refractivity contribution in [3.63, 3.8) is 0 Å². The van der Waals surface area contributed by atoms with Gasteiger partial charge in [-0.25, -0.2) is 0 Å². The van der Waals surface area contributed by atoms with Crippen LogP contribution < -0.4 is 5.32 Å². The minimum Gasteiger partial charge on any atom is -0.375 e. The van der Waals surface area contributed by atoms with Gasteiger partial charge in [0.05, 0.1) is 19.3 Å². The lowest BCUT2D eigenvalue weighted by Crippen LogP contribution is -2.53. The summed E-state index contributed by atoms with van der Waals surface area (Å²) >= 11 is 0. The Morgan fingerprint density at radius 2 is 2.00 bits per heavy atom. The van der Waals surface area contributed by atoms with Gasteiger partial charge in [-0.2, -0.15) is 0 Å². The quantitative estimate of drug-likeness (QED) is 0.369. The SMILES string of the molecule is CCNC(=NCC(C)N(C)C1CC1)N1CCOC(C2CCCO2)C1.I. The van der Waals surface area contributed by atoms with Crippen LogP contribution in [0.3, 0.4) is 0 Å². The maximum atomic E-state index is 5.97. The molecule has 0 aromatic heterocycles. The third-order valence-electron chi connectivity index (χ3n) is 5.43. The Balaban J connectivity index is 0.00000225. The molecule has 146 valence electrons. The molecule has 3 rings (SSSR count). The minimum atomic E-state index is 0. The molecule has 6 nitrogen and oxygen atoms in total. The molecular formula is C18H35IN4O2. The van der Waals surface area contributed by atoms with E-state index in [2.05, 4.69) is 36.0 Å². The van der Waals surface area contributed by atoms with Crippen LogP contribution in [0.2, 0.25) is 0 Å². The summed E-state index contributed by atoms with van der Waals surface area (Å²) in [4.78, 5) is 9.75. The Bertz CT molecular complexity index is 427. The first kappa shape index (κ1) is 21.2. The number of guanidine groups is 1. The standard InChI is InChI=1S/C18H34N4O2.HI/c1-4-19-18(20-12-14(2)21(3)15-7-8-15)22-9-11-24-17(13-22)16-6-5-10-23-16;/h14-17H,4-13H2,1-3H3,(H,19,20);1H. The summed E-state index contributed by atoms with van der Waals surface area (Å²) in [6.45, 7) is 9.57. The Labute approximate surface area is 169 Å². The molecule has 1 saturated carbocycles. The van der Waals surface area contributed by atoms with E-state index < -0.39 is 0 Å². The van der Waals surface area contributed by atoms with Gasteiger partial charge in [-0.15, -0.1) is 24.0 Å². The number of hydrogen-bond donors (Lipinski definition) is 1. The molecule has 0 radical (unpaired) electrons. The monoisotopic (exact) mass is 466 g/mol. The molecule has 3 unspecified atom stereocenters. The highest BCUT2D eigenvalue weighted by molar-refractivity contribution is 14.0. The third kappa shape index (κ3) is 5.94. The van der Waals surface area contributed by atoms with Crippen LogP contribution in [0.25, 0.3) is 0 Å². The van der Waals surface area contributed by atoms with Crippen LogP contribution in [0.5, 0.6) is 0 Å². The molecule has 0 amide bonds. The van der Waals surface area contributed by atoms with Crippen molar-refractivity contribution in [1.82, 2.24) is 15.1 Å². The average molecular weight is 466 g/mol. The fraction of sp³-hybridized carbons (Fsp3) is 0.944. The maximum Gasteiger partial charge on any atom is 0.194 e. The number of nitrogens with zero attached hydrogens (tertiary/aromatic N) is 3. The molecule has 0 bridgehead atoms. The number of nitrogens with one attached hydrogen (secondary N) is 1. The van der Waals surface area contributed by atoms with E-state index in [1.54, 1.807) is 0 Å². The lowest BCUT2D eigenvalue weighted by atomic mass is 10.1. The molecule has 2 heterocycles.